The number of carbonyl (C=O) groups is 1. The smallest absolute Gasteiger partial charge is 0.244 e. The average molecular weight is 384 g/mol. The van der Waals surface area contributed by atoms with Crippen LogP contribution in [0.2, 0.25) is 0 Å². The van der Waals surface area contributed by atoms with E-state index in [4.69, 9.17) is 4.74 Å². The molecule has 0 aliphatic rings. The van der Waals surface area contributed by atoms with Crippen molar-refractivity contribution in [1.82, 2.24) is 4.72 Å². The molecule has 0 saturated carbocycles. The quantitative estimate of drug-likeness (QED) is 0.802. The minimum Gasteiger partial charge on any atom is -0.495 e. The Morgan fingerprint density at radius 2 is 1.85 bits per heavy atom. The second kappa shape index (κ2) is 7.79. The number of benzene rings is 2. The predicted octanol–water partition coefficient (Wildman–Crippen LogP) is 2.59. The monoisotopic (exact) mass is 384 g/mol. The molecule has 26 heavy (non-hydrogen) atoms. The lowest BCUT2D eigenvalue weighted by Gasteiger charge is -2.16. The van der Waals surface area contributed by atoms with E-state index in [2.05, 4.69) is 10.0 Å². The number of hydrogen-bond donors (Lipinski definition) is 2. The minimum atomic E-state index is -4.07. The molecular weight excluding hydrogens is 366 g/mol. The van der Waals surface area contributed by atoms with Gasteiger partial charge in [-0.15, -0.1) is 0 Å². The van der Waals surface area contributed by atoms with E-state index in [1.54, 1.807) is 13.0 Å². The van der Waals surface area contributed by atoms with Crippen molar-refractivity contribution in [2.45, 2.75) is 24.8 Å². The fourth-order valence-corrected chi connectivity index (χ4v) is 3.63. The van der Waals surface area contributed by atoms with Crippen LogP contribution in [0, 0.1) is 18.6 Å². The van der Waals surface area contributed by atoms with Gasteiger partial charge in [0.1, 0.15) is 22.3 Å². The maximum atomic E-state index is 13.6. The van der Waals surface area contributed by atoms with Gasteiger partial charge in [-0.2, -0.15) is 4.72 Å². The first-order valence-corrected chi connectivity index (χ1v) is 9.05. The number of carbonyl (C=O) groups excluding carboxylic acids is 1. The van der Waals surface area contributed by atoms with Crippen molar-refractivity contribution in [3.05, 3.63) is 53.6 Å². The molecule has 0 unspecified atom stereocenters. The van der Waals surface area contributed by atoms with Gasteiger partial charge < -0.3 is 10.1 Å². The zero-order chi connectivity index (χ0) is 19.5. The summed E-state index contributed by atoms with van der Waals surface area (Å²) in [6.45, 7) is 3.02. The highest BCUT2D eigenvalue weighted by molar-refractivity contribution is 7.89. The van der Waals surface area contributed by atoms with Gasteiger partial charge in [-0.3, -0.25) is 4.79 Å². The van der Waals surface area contributed by atoms with E-state index in [0.29, 0.717) is 11.6 Å². The van der Waals surface area contributed by atoms with Gasteiger partial charge in [0.25, 0.3) is 0 Å². The van der Waals surface area contributed by atoms with E-state index < -0.39 is 33.6 Å². The summed E-state index contributed by atoms with van der Waals surface area (Å²) in [7, 11) is -2.74. The van der Waals surface area contributed by atoms with Crippen LogP contribution in [0.5, 0.6) is 5.75 Å². The summed E-state index contributed by atoms with van der Waals surface area (Å²) in [4.78, 5) is 12.0. The highest BCUT2D eigenvalue weighted by atomic mass is 32.2. The number of ether oxygens (including phenoxy) is 1. The molecule has 0 saturated heterocycles. The van der Waals surface area contributed by atoms with Crippen LogP contribution in [0.25, 0.3) is 0 Å². The van der Waals surface area contributed by atoms with Crippen LogP contribution in [-0.4, -0.2) is 27.5 Å². The Bertz CT molecular complexity index is 932. The number of methoxy groups -OCH3 is 1. The average Bonchev–Trinajstić information content (AvgIpc) is 2.56. The highest BCUT2D eigenvalue weighted by Crippen LogP contribution is 2.25. The Hall–Kier alpha value is -2.52. The molecule has 0 aliphatic carbocycles. The molecule has 0 heterocycles. The van der Waals surface area contributed by atoms with E-state index in [0.717, 1.165) is 12.1 Å². The van der Waals surface area contributed by atoms with E-state index in [1.807, 2.05) is 0 Å². The zero-order valence-electron chi connectivity index (χ0n) is 14.3. The van der Waals surface area contributed by atoms with Crippen LogP contribution in [0.1, 0.15) is 12.5 Å². The summed E-state index contributed by atoms with van der Waals surface area (Å²) < 4.78 is 58.9. The van der Waals surface area contributed by atoms with Crippen LogP contribution < -0.4 is 14.8 Å². The first-order valence-electron chi connectivity index (χ1n) is 7.57. The first-order chi connectivity index (χ1) is 12.1. The fourth-order valence-electron chi connectivity index (χ4n) is 2.18. The molecule has 0 aliphatic heterocycles. The molecule has 2 N–H and O–H groups in total. The third-order valence-corrected chi connectivity index (χ3v) is 5.08. The number of aryl methyl sites for hydroxylation is 1. The topological polar surface area (TPSA) is 84.5 Å². The lowest BCUT2D eigenvalue weighted by atomic mass is 10.2. The van der Waals surface area contributed by atoms with Crippen molar-refractivity contribution in [3.8, 4) is 5.75 Å². The number of anilines is 1. The molecule has 9 heteroatoms. The summed E-state index contributed by atoms with van der Waals surface area (Å²) in [5, 5.41) is 2.21. The van der Waals surface area contributed by atoms with Gasteiger partial charge in [0.2, 0.25) is 15.9 Å². The Labute approximate surface area is 150 Å². The van der Waals surface area contributed by atoms with Gasteiger partial charge in [0.15, 0.2) is 0 Å². The number of rotatable bonds is 6. The Kier molecular flexibility index (Phi) is 5.94. The Morgan fingerprint density at radius 1 is 1.15 bits per heavy atom. The van der Waals surface area contributed by atoms with Gasteiger partial charge in [0, 0.05) is 6.07 Å². The van der Waals surface area contributed by atoms with E-state index in [9.17, 15) is 22.0 Å². The van der Waals surface area contributed by atoms with Crippen molar-refractivity contribution in [2.75, 3.05) is 12.4 Å². The summed E-state index contributed by atoms with van der Waals surface area (Å²) in [6.07, 6.45) is 0. The van der Waals surface area contributed by atoms with E-state index >= 15 is 0 Å². The summed E-state index contributed by atoms with van der Waals surface area (Å²) >= 11 is 0. The summed E-state index contributed by atoms with van der Waals surface area (Å²) in [5.41, 5.74) is 0.437. The van der Waals surface area contributed by atoms with Crippen LogP contribution in [0.15, 0.2) is 41.3 Å². The Balaban J connectivity index is 2.18. The standard InChI is InChI=1S/C17H18F2N2O4S/c1-10-4-7-15(25-3)16(8-10)26(23,24)21-11(2)17(22)20-14-6-5-12(18)9-13(14)19/h4-9,11,21H,1-3H3,(H,20,22)/t11-/m1/s1. The molecular formula is C17H18F2N2O4S. The first kappa shape index (κ1) is 19.8. The van der Waals surface area contributed by atoms with Gasteiger partial charge in [-0.1, -0.05) is 6.07 Å². The van der Waals surface area contributed by atoms with Crippen LogP contribution in [0.4, 0.5) is 14.5 Å². The summed E-state index contributed by atoms with van der Waals surface area (Å²) in [6, 6.07) is 6.02. The van der Waals surface area contributed by atoms with Gasteiger partial charge in [-0.05, 0) is 43.7 Å². The molecule has 2 rings (SSSR count). The fraction of sp³-hybridized carbons (Fsp3) is 0.235. The summed E-state index contributed by atoms with van der Waals surface area (Å²) in [5.74, 6) is -2.43. The van der Waals surface area contributed by atoms with Crippen molar-refractivity contribution < 1.29 is 26.7 Å². The molecule has 0 bridgehead atoms. The van der Waals surface area contributed by atoms with Crippen LogP contribution in [-0.2, 0) is 14.8 Å². The highest BCUT2D eigenvalue weighted by Gasteiger charge is 2.25. The van der Waals surface area contributed by atoms with Crippen LogP contribution in [0.3, 0.4) is 0 Å². The second-order valence-electron chi connectivity index (χ2n) is 5.61. The third-order valence-electron chi connectivity index (χ3n) is 3.52. The lowest BCUT2D eigenvalue weighted by molar-refractivity contribution is -0.117. The molecule has 1 atom stereocenters. The maximum Gasteiger partial charge on any atom is 0.244 e. The van der Waals surface area contributed by atoms with Crippen molar-refractivity contribution >= 4 is 21.6 Å². The number of hydrogen-bond acceptors (Lipinski definition) is 4. The molecule has 2 aromatic rings. The van der Waals surface area contributed by atoms with Gasteiger partial charge in [-0.25, -0.2) is 17.2 Å². The second-order valence-corrected chi connectivity index (χ2v) is 7.29. The van der Waals surface area contributed by atoms with E-state index in [-0.39, 0.29) is 16.3 Å². The molecule has 0 aromatic heterocycles. The molecule has 2 aromatic carbocycles. The SMILES string of the molecule is COc1ccc(C)cc1S(=O)(=O)N[C@H](C)C(=O)Nc1ccc(F)cc1F. The molecule has 1 amide bonds. The van der Waals surface area contributed by atoms with Crippen molar-refractivity contribution in [3.63, 3.8) is 0 Å². The maximum absolute atomic E-state index is 13.6. The number of amides is 1. The predicted molar refractivity (Wildman–Crippen MR) is 92.5 cm³/mol. The normalized spacial score (nSPS) is 12.5. The van der Waals surface area contributed by atoms with E-state index in [1.165, 1.54) is 26.2 Å². The molecule has 0 radical (unpaired) electrons. The van der Waals surface area contributed by atoms with Crippen molar-refractivity contribution in [2.24, 2.45) is 0 Å². The number of nitrogens with one attached hydrogen (secondary N) is 2. The van der Waals surface area contributed by atoms with Gasteiger partial charge in [0.05, 0.1) is 18.8 Å². The zero-order valence-corrected chi connectivity index (χ0v) is 15.2. The van der Waals surface area contributed by atoms with Crippen molar-refractivity contribution in [1.29, 1.82) is 0 Å². The van der Waals surface area contributed by atoms with Gasteiger partial charge >= 0.3 is 0 Å². The van der Waals surface area contributed by atoms with Crippen LogP contribution >= 0.6 is 0 Å². The number of sulfonamides is 1. The molecule has 6 nitrogen and oxygen atoms in total. The largest absolute Gasteiger partial charge is 0.495 e. The third kappa shape index (κ3) is 4.55. The molecule has 0 spiro atoms. The lowest BCUT2D eigenvalue weighted by Crippen LogP contribution is -2.41. The molecule has 0 fully saturated rings. The minimum absolute atomic E-state index is 0.118. The number of halogens is 2. The Morgan fingerprint density at radius 3 is 2.46 bits per heavy atom. The molecule has 140 valence electrons.